The number of imidazole rings is 1. The molecule has 4 rings (SSSR count). The third-order valence-electron chi connectivity index (χ3n) is 5.97. The van der Waals surface area contributed by atoms with Crippen molar-refractivity contribution in [2.45, 2.75) is 64.6 Å². The van der Waals surface area contributed by atoms with Crippen molar-refractivity contribution in [3.63, 3.8) is 0 Å². The van der Waals surface area contributed by atoms with E-state index in [9.17, 15) is 9.59 Å². The van der Waals surface area contributed by atoms with Gasteiger partial charge in [0.2, 0.25) is 5.91 Å². The molecule has 1 aromatic heterocycles. The maximum atomic E-state index is 12.8. The van der Waals surface area contributed by atoms with Crippen LogP contribution in [0.15, 0.2) is 48.5 Å². The first-order valence-electron chi connectivity index (χ1n) is 11.1. The number of rotatable bonds is 6. The predicted octanol–water partition coefficient (Wildman–Crippen LogP) is 4.28. The summed E-state index contributed by atoms with van der Waals surface area (Å²) in [6, 6.07) is 15.2. The zero-order valence-corrected chi connectivity index (χ0v) is 18.2. The molecule has 1 fully saturated rings. The summed E-state index contributed by atoms with van der Waals surface area (Å²) in [5, 5.41) is 6.23. The van der Waals surface area contributed by atoms with Gasteiger partial charge in [-0.15, -0.1) is 0 Å². The Labute approximate surface area is 183 Å². The summed E-state index contributed by atoms with van der Waals surface area (Å²) in [5.41, 5.74) is 3.36. The number of hydrogen-bond donors (Lipinski definition) is 2. The number of amides is 2. The number of para-hydroxylation sites is 2. The number of carbonyl (C=O) groups excluding carboxylic acids is 2. The van der Waals surface area contributed by atoms with E-state index in [1.54, 1.807) is 6.07 Å². The van der Waals surface area contributed by atoms with Crippen molar-refractivity contribution in [1.29, 1.82) is 0 Å². The van der Waals surface area contributed by atoms with Crippen LogP contribution in [0.3, 0.4) is 0 Å². The first-order chi connectivity index (χ1) is 15.0. The van der Waals surface area contributed by atoms with Gasteiger partial charge in [0.1, 0.15) is 12.4 Å². The summed E-state index contributed by atoms with van der Waals surface area (Å²) in [5.74, 6) is 0.524. The standard InChI is InChI=1S/C25H30N4O2/c1-17-9-8-10-19(15-17)25(31)26-18(2)24-28-21-13-6-7-14-22(21)29(24)16-23(30)27-20-11-4-3-5-12-20/h6-10,13-15,18,20H,3-5,11-12,16H2,1-2H3,(H,26,31)(H,27,30). The van der Waals surface area contributed by atoms with Crippen LogP contribution < -0.4 is 10.6 Å². The van der Waals surface area contributed by atoms with Gasteiger partial charge in [0, 0.05) is 11.6 Å². The third kappa shape index (κ3) is 4.95. The van der Waals surface area contributed by atoms with Gasteiger partial charge in [-0.2, -0.15) is 0 Å². The number of aromatic nitrogens is 2. The van der Waals surface area contributed by atoms with Crippen LogP contribution in [0.25, 0.3) is 11.0 Å². The summed E-state index contributed by atoms with van der Waals surface area (Å²) in [7, 11) is 0. The predicted molar refractivity (Wildman–Crippen MR) is 122 cm³/mol. The van der Waals surface area contributed by atoms with E-state index in [-0.39, 0.29) is 30.4 Å². The molecule has 2 aromatic carbocycles. The van der Waals surface area contributed by atoms with Crippen LogP contribution in [0.5, 0.6) is 0 Å². The molecule has 0 radical (unpaired) electrons. The Balaban J connectivity index is 1.55. The van der Waals surface area contributed by atoms with E-state index >= 15 is 0 Å². The summed E-state index contributed by atoms with van der Waals surface area (Å²) >= 11 is 0. The monoisotopic (exact) mass is 418 g/mol. The molecular weight excluding hydrogens is 388 g/mol. The van der Waals surface area contributed by atoms with E-state index in [1.165, 1.54) is 19.3 Å². The average Bonchev–Trinajstić information content (AvgIpc) is 3.13. The molecule has 1 unspecified atom stereocenters. The fraction of sp³-hybridized carbons (Fsp3) is 0.400. The molecule has 0 aliphatic heterocycles. The minimum Gasteiger partial charge on any atom is -0.352 e. The van der Waals surface area contributed by atoms with Crippen LogP contribution in [-0.4, -0.2) is 27.4 Å². The van der Waals surface area contributed by atoms with E-state index in [0.717, 1.165) is 29.4 Å². The lowest BCUT2D eigenvalue weighted by Gasteiger charge is -2.23. The van der Waals surface area contributed by atoms with Gasteiger partial charge in [-0.3, -0.25) is 9.59 Å². The Bertz CT molecular complexity index is 1080. The number of nitrogens with one attached hydrogen (secondary N) is 2. The molecule has 1 aliphatic rings. The van der Waals surface area contributed by atoms with Crippen molar-refractivity contribution in [1.82, 2.24) is 20.2 Å². The number of nitrogens with zero attached hydrogens (tertiary/aromatic N) is 2. The van der Waals surface area contributed by atoms with Gasteiger partial charge in [-0.1, -0.05) is 49.1 Å². The maximum absolute atomic E-state index is 12.8. The third-order valence-corrected chi connectivity index (χ3v) is 5.97. The molecule has 1 atom stereocenters. The second-order valence-corrected chi connectivity index (χ2v) is 8.51. The minimum absolute atomic E-state index is 0.00601. The molecular formula is C25H30N4O2. The Kier molecular flexibility index (Phi) is 6.35. The lowest BCUT2D eigenvalue weighted by molar-refractivity contribution is -0.122. The highest BCUT2D eigenvalue weighted by molar-refractivity contribution is 5.94. The Morgan fingerprint density at radius 1 is 1.10 bits per heavy atom. The topological polar surface area (TPSA) is 76.0 Å². The molecule has 1 aliphatic carbocycles. The number of carbonyl (C=O) groups is 2. The summed E-state index contributed by atoms with van der Waals surface area (Å²) in [6.07, 6.45) is 5.69. The summed E-state index contributed by atoms with van der Waals surface area (Å²) < 4.78 is 1.93. The maximum Gasteiger partial charge on any atom is 0.251 e. The van der Waals surface area contributed by atoms with Crippen LogP contribution in [0.1, 0.15) is 66.8 Å². The van der Waals surface area contributed by atoms with Gasteiger partial charge < -0.3 is 15.2 Å². The molecule has 0 bridgehead atoms. The Morgan fingerprint density at radius 2 is 1.87 bits per heavy atom. The van der Waals surface area contributed by atoms with Gasteiger partial charge in [0.25, 0.3) is 5.91 Å². The van der Waals surface area contributed by atoms with E-state index in [1.807, 2.05) is 60.9 Å². The van der Waals surface area contributed by atoms with Crippen LogP contribution in [-0.2, 0) is 11.3 Å². The lowest BCUT2D eigenvalue weighted by Crippen LogP contribution is -2.38. The van der Waals surface area contributed by atoms with Crippen molar-refractivity contribution in [3.05, 3.63) is 65.5 Å². The van der Waals surface area contributed by atoms with E-state index in [0.29, 0.717) is 11.4 Å². The molecule has 162 valence electrons. The second-order valence-electron chi connectivity index (χ2n) is 8.51. The number of fused-ring (bicyclic) bond motifs is 1. The van der Waals surface area contributed by atoms with Gasteiger partial charge >= 0.3 is 0 Å². The second kappa shape index (κ2) is 9.33. The number of benzene rings is 2. The molecule has 1 saturated carbocycles. The Hall–Kier alpha value is -3.15. The van der Waals surface area contributed by atoms with Gasteiger partial charge in [-0.05, 0) is 51.0 Å². The molecule has 6 nitrogen and oxygen atoms in total. The zero-order valence-electron chi connectivity index (χ0n) is 18.2. The molecule has 0 spiro atoms. The number of hydrogen-bond acceptors (Lipinski definition) is 3. The molecule has 2 N–H and O–H groups in total. The average molecular weight is 419 g/mol. The van der Waals surface area contributed by atoms with E-state index < -0.39 is 0 Å². The fourth-order valence-electron chi connectivity index (χ4n) is 4.39. The highest BCUT2D eigenvalue weighted by atomic mass is 16.2. The van der Waals surface area contributed by atoms with Crippen molar-refractivity contribution >= 4 is 22.8 Å². The lowest BCUT2D eigenvalue weighted by atomic mass is 9.95. The Morgan fingerprint density at radius 3 is 2.65 bits per heavy atom. The molecule has 31 heavy (non-hydrogen) atoms. The molecule has 3 aromatic rings. The molecule has 1 heterocycles. The highest BCUT2D eigenvalue weighted by Gasteiger charge is 2.22. The molecule has 0 saturated heterocycles. The van der Waals surface area contributed by atoms with Crippen molar-refractivity contribution in [2.24, 2.45) is 0 Å². The normalized spacial score (nSPS) is 15.5. The van der Waals surface area contributed by atoms with Crippen LogP contribution >= 0.6 is 0 Å². The van der Waals surface area contributed by atoms with Crippen LogP contribution in [0.2, 0.25) is 0 Å². The van der Waals surface area contributed by atoms with Crippen molar-refractivity contribution in [3.8, 4) is 0 Å². The van der Waals surface area contributed by atoms with Gasteiger partial charge in [0.15, 0.2) is 0 Å². The summed E-state index contributed by atoms with van der Waals surface area (Å²) in [4.78, 5) is 30.3. The first kappa shape index (κ1) is 21.1. The summed E-state index contributed by atoms with van der Waals surface area (Å²) in [6.45, 7) is 4.06. The quantitative estimate of drug-likeness (QED) is 0.627. The largest absolute Gasteiger partial charge is 0.352 e. The van der Waals surface area contributed by atoms with E-state index in [2.05, 4.69) is 10.6 Å². The van der Waals surface area contributed by atoms with E-state index in [4.69, 9.17) is 4.98 Å². The fourth-order valence-corrected chi connectivity index (χ4v) is 4.39. The zero-order chi connectivity index (χ0) is 21.8. The van der Waals surface area contributed by atoms with Gasteiger partial charge in [-0.25, -0.2) is 4.98 Å². The smallest absolute Gasteiger partial charge is 0.251 e. The van der Waals surface area contributed by atoms with Crippen LogP contribution in [0.4, 0.5) is 0 Å². The molecule has 6 heteroatoms. The minimum atomic E-state index is -0.345. The first-order valence-corrected chi connectivity index (χ1v) is 11.1. The van der Waals surface area contributed by atoms with Crippen LogP contribution in [0, 0.1) is 6.92 Å². The molecule has 2 amide bonds. The number of aryl methyl sites for hydroxylation is 1. The van der Waals surface area contributed by atoms with Crippen molar-refractivity contribution < 1.29 is 9.59 Å². The van der Waals surface area contributed by atoms with Gasteiger partial charge in [0.05, 0.1) is 17.1 Å². The SMILES string of the molecule is Cc1cccc(C(=O)NC(C)c2nc3ccccc3n2CC(=O)NC2CCCCC2)c1. The van der Waals surface area contributed by atoms with Crippen molar-refractivity contribution in [2.75, 3.05) is 0 Å². The highest BCUT2D eigenvalue weighted by Crippen LogP contribution is 2.22.